The van der Waals surface area contributed by atoms with Crippen molar-refractivity contribution in [2.75, 3.05) is 4.90 Å². The van der Waals surface area contributed by atoms with Crippen LogP contribution in [0, 0.1) is 0 Å². The van der Waals surface area contributed by atoms with Crippen molar-refractivity contribution in [1.82, 2.24) is 0 Å². The van der Waals surface area contributed by atoms with Crippen molar-refractivity contribution in [2.24, 2.45) is 0 Å². The highest BCUT2D eigenvalue weighted by molar-refractivity contribution is 6.16. The minimum absolute atomic E-state index is 0.120. The van der Waals surface area contributed by atoms with Gasteiger partial charge < -0.3 is 13.7 Å². The Hall–Kier alpha value is -6.84. The van der Waals surface area contributed by atoms with Crippen LogP contribution in [0.1, 0.15) is 25.0 Å². The van der Waals surface area contributed by atoms with Crippen molar-refractivity contribution in [3.05, 3.63) is 187 Å². The maximum Gasteiger partial charge on any atom is 0.143 e. The average molecular weight is 694 g/mol. The third-order valence-corrected chi connectivity index (χ3v) is 11.5. The molecule has 0 aliphatic heterocycles. The van der Waals surface area contributed by atoms with Gasteiger partial charge in [-0.2, -0.15) is 0 Å². The molecule has 3 nitrogen and oxygen atoms in total. The molecule has 11 rings (SSSR count). The van der Waals surface area contributed by atoms with E-state index in [1.807, 2.05) is 6.07 Å². The number of rotatable bonds is 5. The first-order valence-corrected chi connectivity index (χ1v) is 18.6. The molecule has 256 valence electrons. The van der Waals surface area contributed by atoms with Crippen LogP contribution in [0.25, 0.3) is 77.3 Å². The normalized spacial score (nSPS) is 13.1. The van der Waals surface area contributed by atoms with Crippen molar-refractivity contribution in [1.29, 1.82) is 0 Å². The van der Waals surface area contributed by atoms with Gasteiger partial charge in [0.15, 0.2) is 0 Å². The Labute approximate surface area is 313 Å². The summed E-state index contributed by atoms with van der Waals surface area (Å²) in [6, 6.07) is 62.9. The summed E-state index contributed by atoms with van der Waals surface area (Å²) in [6.45, 7) is 4.68. The molecule has 8 aromatic carbocycles. The maximum atomic E-state index is 6.73. The second-order valence-corrected chi connectivity index (χ2v) is 14.9. The van der Waals surface area contributed by atoms with E-state index in [4.69, 9.17) is 8.83 Å². The lowest BCUT2D eigenvalue weighted by atomic mass is 9.82. The van der Waals surface area contributed by atoms with Gasteiger partial charge in [-0.05, 0) is 87.5 Å². The van der Waals surface area contributed by atoms with E-state index >= 15 is 0 Å². The molecule has 0 N–H and O–H groups in total. The van der Waals surface area contributed by atoms with Crippen LogP contribution in [0.15, 0.2) is 185 Å². The van der Waals surface area contributed by atoms with Crippen LogP contribution < -0.4 is 4.90 Å². The van der Waals surface area contributed by atoms with Crippen molar-refractivity contribution in [3.63, 3.8) is 0 Å². The molecule has 0 unspecified atom stereocenters. The molecular weight excluding hydrogens is 659 g/mol. The van der Waals surface area contributed by atoms with Crippen LogP contribution in [-0.2, 0) is 5.41 Å². The van der Waals surface area contributed by atoms with E-state index in [2.05, 4.69) is 189 Å². The van der Waals surface area contributed by atoms with E-state index in [-0.39, 0.29) is 5.41 Å². The Morgan fingerprint density at radius 3 is 1.80 bits per heavy atom. The molecule has 0 spiro atoms. The van der Waals surface area contributed by atoms with E-state index in [0.717, 1.165) is 72.1 Å². The van der Waals surface area contributed by atoms with E-state index < -0.39 is 0 Å². The number of hydrogen-bond acceptors (Lipinski definition) is 3. The molecule has 0 saturated heterocycles. The molecule has 1 aliphatic rings. The Morgan fingerprint density at radius 1 is 0.370 bits per heavy atom. The number of nitrogens with zero attached hydrogens (tertiary/aromatic N) is 1. The predicted molar refractivity (Wildman–Crippen MR) is 224 cm³/mol. The van der Waals surface area contributed by atoms with E-state index in [1.54, 1.807) is 0 Å². The van der Waals surface area contributed by atoms with Crippen LogP contribution in [0.5, 0.6) is 0 Å². The lowest BCUT2D eigenvalue weighted by molar-refractivity contribution is 0.660. The fraction of sp³-hybridized carbons (Fsp3) is 0.0588. The molecule has 0 atom stereocenters. The van der Waals surface area contributed by atoms with Crippen LogP contribution in [0.2, 0.25) is 0 Å². The molecule has 10 aromatic rings. The Morgan fingerprint density at radius 2 is 0.963 bits per heavy atom. The van der Waals surface area contributed by atoms with Crippen LogP contribution in [-0.4, -0.2) is 0 Å². The summed E-state index contributed by atoms with van der Waals surface area (Å²) in [5.41, 5.74) is 16.4. The van der Waals surface area contributed by atoms with Gasteiger partial charge in [0.2, 0.25) is 0 Å². The lowest BCUT2D eigenvalue weighted by Gasteiger charge is -2.28. The molecule has 0 amide bonds. The van der Waals surface area contributed by atoms with Crippen LogP contribution in [0.3, 0.4) is 0 Å². The summed E-state index contributed by atoms with van der Waals surface area (Å²) in [7, 11) is 0. The molecule has 54 heavy (non-hydrogen) atoms. The SMILES string of the molecule is CC1(C)c2ccccc2-c2ccc(N(c3cccc(-c4ccccc4)c3)c3ccc4c(c3)oc3cc5c(cc34)oc3c(-c4ccccc4)cccc35)cc21. The van der Waals surface area contributed by atoms with Gasteiger partial charge >= 0.3 is 0 Å². The Kier molecular flexibility index (Phi) is 6.60. The van der Waals surface area contributed by atoms with Gasteiger partial charge in [0, 0.05) is 55.7 Å². The lowest BCUT2D eigenvalue weighted by Crippen LogP contribution is -2.16. The van der Waals surface area contributed by atoms with E-state index in [0.29, 0.717) is 0 Å². The standard InChI is InChI=1S/C51H35NO2/c1-51(2)45-22-10-9-19-39(45)40-25-23-36(28-46(40)51)52(35-18-11-17-34(27-35)32-13-5-3-6-14-32)37-24-26-41-43-30-49-44(31-48(43)53-47(41)29-37)42-21-12-20-38(50(42)54-49)33-15-7-4-8-16-33/h3-31H,1-2H3. The molecule has 2 heterocycles. The zero-order valence-electron chi connectivity index (χ0n) is 30.0. The minimum atomic E-state index is -0.120. The third kappa shape index (κ3) is 4.61. The highest BCUT2D eigenvalue weighted by Gasteiger charge is 2.35. The molecule has 3 heteroatoms. The summed E-state index contributed by atoms with van der Waals surface area (Å²) in [5, 5.41) is 4.23. The molecule has 0 bridgehead atoms. The molecular formula is C51H35NO2. The zero-order valence-corrected chi connectivity index (χ0v) is 30.0. The monoisotopic (exact) mass is 693 g/mol. The molecule has 0 fully saturated rings. The minimum Gasteiger partial charge on any atom is -0.456 e. The average Bonchev–Trinajstić information content (AvgIpc) is 3.84. The van der Waals surface area contributed by atoms with Gasteiger partial charge in [-0.25, -0.2) is 0 Å². The number of anilines is 3. The van der Waals surface area contributed by atoms with Gasteiger partial charge in [0.05, 0.1) is 0 Å². The van der Waals surface area contributed by atoms with Gasteiger partial charge in [-0.15, -0.1) is 0 Å². The van der Waals surface area contributed by atoms with Crippen LogP contribution >= 0.6 is 0 Å². The van der Waals surface area contributed by atoms with Gasteiger partial charge in [-0.1, -0.05) is 135 Å². The summed E-state index contributed by atoms with van der Waals surface area (Å²) in [6.07, 6.45) is 0. The summed E-state index contributed by atoms with van der Waals surface area (Å²) < 4.78 is 13.3. The number of hydrogen-bond donors (Lipinski definition) is 0. The van der Waals surface area contributed by atoms with Crippen LogP contribution in [0.4, 0.5) is 17.1 Å². The molecule has 2 aromatic heterocycles. The summed E-state index contributed by atoms with van der Waals surface area (Å²) in [5.74, 6) is 0. The first kappa shape index (κ1) is 30.8. The predicted octanol–water partition coefficient (Wildman–Crippen LogP) is 14.6. The number of fused-ring (bicyclic) bond motifs is 9. The highest BCUT2D eigenvalue weighted by Crippen LogP contribution is 2.51. The Balaban J connectivity index is 1.08. The highest BCUT2D eigenvalue weighted by atomic mass is 16.3. The zero-order chi connectivity index (χ0) is 36.0. The quantitative estimate of drug-likeness (QED) is 0.180. The largest absolute Gasteiger partial charge is 0.456 e. The summed E-state index contributed by atoms with van der Waals surface area (Å²) >= 11 is 0. The number of furan rings is 2. The maximum absolute atomic E-state index is 6.73. The van der Waals surface area contributed by atoms with E-state index in [1.165, 1.54) is 33.4 Å². The molecule has 0 saturated carbocycles. The van der Waals surface area contributed by atoms with Crippen molar-refractivity contribution in [3.8, 4) is 33.4 Å². The molecule has 1 aliphatic carbocycles. The number of para-hydroxylation sites is 1. The second-order valence-electron chi connectivity index (χ2n) is 14.9. The van der Waals surface area contributed by atoms with Crippen molar-refractivity contribution >= 4 is 60.9 Å². The number of benzene rings is 8. The van der Waals surface area contributed by atoms with Gasteiger partial charge in [0.1, 0.15) is 22.3 Å². The summed E-state index contributed by atoms with van der Waals surface area (Å²) in [4.78, 5) is 2.36. The first-order chi connectivity index (χ1) is 26.5. The van der Waals surface area contributed by atoms with Gasteiger partial charge in [0.25, 0.3) is 0 Å². The van der Waals surface area contributed by atoms with Gasteiger partial charge in [-0.3, -0.25) is 0 Å². The smallest absolute Gasteiger partial charge is 0.143 e. The topological polar surface area (TPSA) is 29.5 Å². The fourth-order valence-electron chi connectivity index (χ4n) is 8.77. The van der Waals surface area contributed by atoms with E-state index in [9.17, 15) is 0 Å². The van der Waals surface area contributed by atoms with Crippen molar-refractivity contribution in [2.45, 2.75) is 19.3 Å². The molecule has 0 radical (unpaired) electrons. The van der Waals surface area contributed by atoms with Crippen molar-refractivity contribution < 1.29 is 8.83 Å². The second kappa shape index (κ2) is 11.6. The third-order valence-electron chi connectivity index (χ3n) is 11.5. The Bertz CT molecular complexity index is 3080. The fourth-order valence-corrected chi connectivity index (χ4v) is 8.77. The first-order valence-electron chi connectivity index (χ1n) is 18.6.